The summed E-state index contributed by atoms with van der Waals surface area (Å²) in [5.74, 6) is 1.38. The summed E-state index contributed by atoms with van der Waals surface area (Å²) in [5, 5.41) is 0.412. The number of benzene rings is 1. The van der Waals surface area contributed by atoms with Crippen LogP contribution in [0.25, 0.3) is 22.3 Å². The number of hydrogen-bond acceptors (Lipinski definition) is 6. The molecule has 0 aliphatic carbocycles. The molecule has 214 valence electrons. The molecule has 1 atom stereocenters. The number of aryl methyl sites for hydroxylation is 3. The van der Waals surface area contributed by atoms with E-state index in [0.717, 1.165) is 73.4 Å². The van der Waals surface area contributed by atoms with Gasteiger partial charge in [-0.3, -0.25) is 4.55 Å². The summed E-state index contributed by atoms with van der Waals surface area (Å²) in [6.45, 7) is 13.2. The third-order valence-corrected chi connectivity index (χ3v) is 8.53. The zero-order valence-corrected chi connectivity index (χ0v) is 25.7. The monoisotopic (exact) mass is 582 g/mol. The zero-order valence-electron chi connectivity index (χ0n) is 24.1. The number of thiophene rings is 1. The molecule has 0 aliphatic heterocycles. The molecule has 0 bridgehead atoms. The number of anilines is 1. The lowest BCUT2D eigenvalue weighted by molar-refractivity contribution is 0.156. The van der Waals surface area contributed by atoms with Crippen LogP contribution >= 0.6 is 11.3 Å². The molecule has 8 nitrogen and oxygen atoms in total. The van der Waals surface area contributed by atoms with Crippen LogP contribution in [0, 0.1) is 19.8 Å². The van der Waals surface area contributed by atoms with Gasteiger partial charge in [0.1, 0.15) is 16.3 Å². The Bertz CT molecular complexity index is 1510. The van der Waals surface area contributed by atoms with Crippen LogP contribution in [0.3, 0.4) is 0 Å². The molecule has 1 N–H and O–H groups in total. The van der Waals surface area contributed by atoms with Crippen molar-refractivity contribution in [2.45, 2.75) is 73.8 Å². The number of fused-ring (bicyclic) bond motifs is 1. The molecule has 3 heterocycles. The first-order chi connectivity index (χ1) is 19.1. The van der Waals surface area contributed by atoms with Crippen LogP contribution in [0.5, 0.6) is 0 Å². The fourth-order valence-corrected chi connectivity index (χ4v) is 6.74. The number of ether oxygens (including phenoxy) is 1. The molecule has 0 radical (unpaired) electrons. The molecule has 0 saturated heterocycles. The summed E-state index contributed by atoms with van der Waals surface area (Å²) < 4.78 is 30.8. The van der Waals surface area contributed by atoms with Gasteiger partial charge in [0.05, 0.1) is 13.2 Å². The van der Waals surface area contributed by atoms with Gasteiger partial charge in [-0.15, -0.1) is 11.3 Å². The van der Waals surface area contributed by atoms with Crippen LogP contribution in [-0.4, -0.2) is 36.0 Å². The lowest BCUT2D eigenvalue weighted by Crippen LogP contribution is -2.33. The summed E-state index contributed by atoms with van der Waals surface area (Å²) in [6.07, 6.45) is 2.32. The van der Waals surface area contributed by atoms with Gasteiger partial charge in [0, 0.05) is 22.6 Å². The second-order valence-electron chi connectivity index (χ2n) is 10.4. The Labute approximate surface area is 242 Å². The van der Waals surface area contributed by atoms with Gasteiger partial charge < -0.3 is 9.30 Å². The van der Waals surface area contributed by atoms with Crippen molar-refractivity contribution in [1.82, 2.24) is 14.5 Å². The van der Waals surface area contributed by atoms with Gasteiger partial charge in [-0.25, -0.2) is 19.0 Å². The number of nitrogens with zero attached hydrogens (tertiary/aromatic N) is 4. The van der Waals surface area contributed by atoms with Crippen molar-refractivity contribution in [2.24, 2.45) is 5.92 Å². The van der Waals surface area contributed by atoms with E-state index in [9.17, 15) is 13.6 Å². The molecule has 0 aliphatic rings. The van der Waals surface area contributed by atoms with Gasteiger partial charge in [0.2, 0.25) is 0 Å². The summed E-state index contributed by atoms with van der Waals surface area (Å²) in [7, 11) is 0. The molecule has 4 aromatic rings. The van der Waals surface area contributed by atoms with Crippen LogP contribution in [0.2, 0.25) is 0 Å². The van der Waals surface area contributed by atoms with Gasteiger partial charge in [-0.05, 0) is 61.4 Å². The highest BCUT2D eigenvalue weighted by Crippen LogP contribution is 2.41. The Morgan fingerprint density at radius 3 is 2.50 bits per heavy atom. The summed E-state index contributed by atoms with van der Waals surface area (Å²) in [4.78, 5) is 23.5. The maximum absolute atomic E-state index is 12.9. The highest BCUT2D eigenvalue weighted by molar-refractivity contribution is 7.82. The van der Waals surface area contributed by atoms with Gasteiger partial charge in [0.25, 0.3) is 11.3 Å². The van der Waals surface area contributed by atoms with Crippen LogP contribution in [-0.2, 0) is 35.4 Å². The summed E-state index contributed by atoms with van der Waals surface area (Å²) in [6, 6.07) is 12.2. The smallest absolute Gasteiger partial charge is 0.429 e. The van der Waals surface area contributed by atoms with Crippen molar-refractivity contribution in [3.8, 4) is 11.1 Å². The molecular weight excluding hydrogens is 544 g/mol. The molecule has 4 rings (SSSR count). The molecule has 0 saturated carbocycles. The molecule has 1 aromatic carbocycles. The third-order valence-electron chi connectivity index (χ3n) is 6.63. The van der Waals surface area contributed by atoms with Crippen molar-refractivity contribution in [3.63, 3.8) is 0 Å². The van der Waals surface area contributed by atoms with Crippen LogP contribution in [0.1, 0.15) is 68.1 Å². The SMILES string of the molecule is CCCCOC(=O)N(c1sc(CC(C)C)cc1-c1ccc(Cn2c(CC)nc3c(C)cc(C)nc32)cc1)S(=O)O. The normalized spacial score (nSPS) is 12.3. The quantitative estimate of drug-likeness (QED) is 0.146. The first-order valence-corrected chi connectivity index (χ1v) is 15.6. The van der Waals surface area contributed by atoms with E-state index >= 15 is 0 Å². The number of hydrogen-bond donors (Lipinski definition) is 1. The summed E-state index contributed by atoms with van der Waals surface area (Å²) in [5.41, 5.74) is 6.58. The van der Waals surface area contributed by atoms with Gasteiger partial charge in [0.15, 0.2) is 5.65 Å². The van der Waals surface area contributed by atoms with Crippen molar-refractivity contribution in [1.29, 1.82) is 0 Å². The number of amides is 1. The van der Waals surface area contributed by atoms with E-state index in [1.165, 1.54) is 11.3 Å². The maximum Gasteiger partial charge on any atom is 0.429 e. The lowest BCUT2D eigenvalue weighted by Gasteiger charge is -2.18. The number of carbonyl (C=O) groups excluding carboxylic acids is 1. The number of unbranched alkanes of at least 4 members (excludes halogenated alkanes) is 1. The van der Waals surface area contributed by atoms with Crippen molar-refractivity contribution in [3.05, 3.63) is 63.9 Å². The van der Waals surface area contributed by atoms with E-state index in [-0.39, 0.29) is 6.61 Å². The molecule has 40 heavy (non-hydrogen) atoms. The lowest BCUT2D eigenvalue weighted by atomic mass is 10.0. The minimum Gasteiger partial charge on any atom is -0.448 e. The number of pyridine rings is 1. The molecule has 0 fully saturated rings. The van der Waals surface area contributed by atoms with Gasteiger partial charge in [-0.1, -0.05) is 58.4 Å². The predicted molar refractivity (Wildman–Crippen MR) is 163 cm³/mol. The first-order valence-electron chi connectivity index (χ1n) is 13.8. The number of carbonyl (C=O) groups is 1. The van der Waals surface area contributed by atoms with E-state index in [2.05, 4.69) is 38.3 Å². The van der Waals surface area contributed by atoms with Crippen molar-refractivity contribution < 1.29 is 18.3 Å². The average Bonchev–Trinajstić information content (AvgIpc) is 3.45. The number of imidazole rings is 1. The third kappa shape index (κ3) is 6.62. The molecular formula is C30H38N4O4S2. The largest absolute Gasteiger partial charge is 0.448 e. The number of aromatic nitrogens is 3. The Morgan fingerprint density at radius 2 is 1.88 bits per heavy atom. The fourth-order valence-electron chi connectivity index (χ4n) is 4.73. The van der Waals surface area contributed by atoms with Crippen LogP contribution in [0.15, 0.2) is 36.4 Å². The van der Waals surface area contributed by atoms with E-state index < -0.39 is 17.4 Å². The minimum atomic E-state index is -2.57. The average molecular weight is 583 g/mol. The first kappa shape index (κ1) is 29.9. The molecule has 3 aromatic heterocycles. The van der Waals surface area contributed by atoms with Gasteiger partial charge in [-0.2, -0.15) is 4.31 Å². The maximum atomic E-state index is 12.9. The Morgan fingerprint density at radius 1 is 1.15 bits per heavy atom. The fraction of sp³-hybridized carbons (Fsp3) is 0.433. The Hall–Kier alpha value is -3.08. The van der Waals surface area contributed by atoms with Crippen molar-refractivity contribution >= 4 is 44.9 Å². The van der Waals surface area contributed by atoms with E-state index in [0.29, 0.717) is 23.9 Å². The van der Waals surface area contributed by atoms with Gasteiger partial charge >= 0.3 is 6.09 Å². The number of rotatable bonds is 11. The van der Waals surface area contributed by atoms with Crippen LogP contribution < -0.4 is 4.31 Å². The highest BCUT2D eigenvalue weighted by Gasteiger charge is 2.29. The van der Waals surface area contributed by atoms with E-state index in [1.54, 1.807) is 0 Å². The predicted octanol–water partition coefficient (Wildman–Crippen LogP) is 7.47. The topological polar surface area (TPSA) is 97.5 Å². The molecule has 1 amide bonds. The van der Waals surface area contributed by atoms with Crippen LogP contribution in [0.4, 0.5) is 9.80 Å². The Balaban J connectivity index is 1.69. The molecule has 0 spiro atoms. The Kier molecular flexibility index (Phi) is 9.76. The zero-order chi connectivity index (χ0) is 29.0. The molecule has 1 unspecified atom stereocenters. The van der Waals surface area contributed by atoms with E-state index in [4.69, 9.17) is 14.7 Å². The van der Waals surface area contributed by atoms with Crippen molar-refractivity contribution in [2.75, 3.05) is 10.9 Å². The second-order valence-corrected chi connectivity index (χ2v) is 12.4. The standard InChI is InChI=1S/C30H38N4O4S2/c1-7-9-14-38-30(35)34(40(36)37)29-25(17-24(39-29)15-19(3)4)23-12-10-22(11-13-23)18-33-26(8-2)32-27-20(5)16-21(6)31-28(27)33/h10-13,16-17,19H,7-9,14-15,18H2,1-6H3,(H,36,37). The summed E-state index contributed by atoms with van der Waals surface area (Å²) >= 11 is -1.21. The molecule has 10 heteroatoms. The highest BCUT2D eigenvalue weighted by atomic mass is 32.2. The van der Waals surface area contributed by atoms with E-state index in [1.807, 2.05) is 44.2 Å². The second kappa shape index (κ2) is 13.1. The minimum absolute atomic E-state index is 0.202.